The molecule has 0 saturated carbocycles. The number of halogens is 1. The Hall–Kier alpha value is -2.00. The monoisotopic (exact) mass is 290 g/mol. The van der Waals surface area contributed by atoms with Crippen LogP contribution in [0.15, 0.2) is 48.5 Å². The van der Waals surface area contributed by atoms with Crippen LogP contribution in [0.5, 0.6) is 11.5 Å². The fraction of sp³-hybridized carbons (Fsp3) is 0.188. The number of hydrogen-bond donors (Lipinski definition) is 0. The van der Waals surface area contributed by atoms with Gasteiger partial charge in [0, 0.05) is 17.0 Å². The van der Waals surface area contributed by atoms with Crippen LogP contribution in [-0.2, 0) is 0 Å². The van der Waals surface area contributed by atoms with Crippen molar-refractivity contribution in [2.24, 2.45) is 0 Å². The minimum Gasteiger partial charge on any atom is -0.493 e. The molecule has 0 N–H and O–H groups in total. The smallest absolute Gasteiger partial charge is 0.150 e. The van der Waals surface area contributed by atoms with Gasteiger partial charge in [-0.05, 0) is 48.5 Å². The summed E-state index contributed by atoms with van der Waals surface area (Å²) in [6, 6.07) is 14.3. The molecule has 0 amide bonds. The van der Waals surface area contributed by atoms with E-state index >= 15 is 0 Å². The van der Waals surface area contributed by atoms with E-state index in [2.05, 4.69) is 0 Å². The molecule has 2 aromatic rings. The third kappa shape index (κ3) is 4.59. The van der Waals surface area contributed by atoms with Crippen LogP contribution < -0.4 is 9.47 Å². The molecule has 104 valence electrons. The Kier molecular flexibility index (Phi) is 5.44. The molecule has 0 atom stereocenters. The van der Waals surface area contributed by atoms with Crippen LogP contribution in [0.4, 0.5) is 0 Å². The molecule has 20 heavy (non-hydrogen) atoms. The van der Waals surface area contributed by atoms with E-state index in [1.807, 2.05) is 12.1 Å². The molecule has 2 aromatic carbocycles. The predicted molar refractivity (Wildman–Crippen MR) is 78.9 cm³/mol. The summed E-state index contributed by atoms with van der Waals surface area (Å²) in [6.07, 6.45) is 1.59. The van der Waals surface area contributed by atoms with Gasteiger partial charge in [-0.2, -0.15) is 0 Å². The number of rotatable bonds is 7. The molecular formula is C16H15ClO3. The van der Waals surface area contributed by atoms with E-state index in [0.29, 0.717) is 23.8 Å². The summed E-state index contributed by atoms with van der Waals surface area (Å²) in [6.45, 7) is 1.14. The van der Waals surface area contributed by atoms with Crippen LogP contribution >= 0.6 is 11.6 Å². The highest BCUT2D eigenvalue weighted by Crippen LogP contribution is 2.16. The molecule has 0 spiro atoms. The summed E-state index contributed by atoms with van der Waals surface area (Å²) in [5, 5.41) is 0.694. The first-order chi connectivity index (χ1) is 9.78. The van der Waals surface area contributed by atoms with Crippen molar-refractivity contribution in [3.05, 3.63) is 59.1 Å². The summed E-state index contributed by atoms with van der Waals surface area (Å²) >= 11 is 5.79. The fourth-order valence-corrected chi connectivity index (χ4v) is 1.74. The van der Waals surface area contributed by atoms with Gasteiger partial charge in [-0.25, -0.2) is 0 Å². The SMILES string of the molecule is O=Cc1ccc(OCCCOc2ccc(Cl)cc2)cc1. The summed E-state index contributed by atoms with van der Waals surface area (Å²) in [7, 11) is 0. The van der Waals surface area contributed by atoms with Gasteiger partial charge < -0.3 is 9.47 Å². The average molecular weight is 291 g/mol. The fourth-order valence-electron chi connectivity index (χ4n) is 1.61. The van der Waals surface area contributed by atoms with Crippen LogP contribution in [0.2, 0.25) is 5.02 Å². The van der Waals surface area contributed by atoms with Gasteiger partial charge in [-0.3, -0.25) is 4.79 Å². The second-order valence-electron chi connectivity index (χ2n) is 4.19. The lowest BCUT2D eigenvalue weighted by Crippen LogP contribution is -2.04. The van der Waals surface area contributed by atoms with Crippen LogP contribution in [0, 0.1) is 0 Å². The third-order valence-corrected chi connectivity index (χ3v) is 2.91. The molecule has 0 radical (unpaired) electrons. The maximum Gasteiger partial charge on any atom is 0.150 e. The molecule has 2 rings (SSSR count). The van der Waals surface area contributed by atoms with Gasteiger partial charge in [0.2, 0.25) is 0 Å². The standard InChI is InChI=1S/C16H15ClO3/c17-14-4-8-16(9-5-14)20-11-1-10-19-15-6-2-13(12-18)3-7-15/h2-9,12H,1,10-11H2. The zero-order chi connectivity index (χ0) is 14.2. The van der Waals surface area contributed by atoms with E-state index in [1.54, 1.807) is 36.4 Å². The highest BCUT2D eigenvalue weighted by atomic mass is 35.5. The van der Waals surface area contributed by atoms with E-state index < -0.39 is 0 Å². The summed E-state index contributed by atoms with van der Waals surface area (Å²) in [5.74, 6) is 1.55. The molecule has 4 heteroatoms. The van der Waals surface area contributed by atoms with E-state index in [0.717, 1.165) is 24.2 Å². The Bertz CT molecular complexity index is 535. The lowest BCUT2D eigenvalue weighted by atomic mass is 10.2. The van der Waals surface area contributed by atoms with Gasteiger partial charge in [-0.15, -0.1) is 0 Å². The maximum atomic E-state index is 10.5. The minimum atomic E-state index is 0.564. The van der Waals surface area contributed by atoms with E-state index in [9.17, 15) is 4.79 Å². The van der Waals surface area contributed by atoms with Crippen molar-refractivity contribution in [3.8, 4) is 11.5 Å². The van der Waals surface area contributed by atoms with Gasteiger partial charge >= 0.3 is 0 Å². The first-order valence-electron chi connectivity index (χ1n) is 6.34. The molecule has 0 aliphatic heterocycles. The van der Waals surface area contributed by atoms with E-state index in [1.165, 1.54) is 0 Å². The molecule has 0 heterocycles. The average Bonchev–Trinajstić information content (AvgIpc) is 2.49. The summed E-state index contributed by atoms with van der Waals surface area (Å²) < 4.78 is 11.1. The molecule has 0 saturated heterocycles. The number of benzene rings is 2. The topological polar surface area (TPSA) is 35.5 Å². The van der Waals surface area contributed by atoms with Crippen molar-refractivity contribution in [2.45, 2.75) is 6.42 Å². The largest absolute Gasteiger partial charge is 0.493 e. The van der Waals surface area contributed by atoms with Gasteiger partial charge in [0.25, 0.3) is 0 Å². The molecule has 0 unspecified atom stereocenters. The zero-order valence-corrected chi connectivity index (χ0v) is 11.7. The molecule has 0 aliphatic carbocycles. The Morgan fingerprint density at radius 2 is 1.35 bits per heavy atom. The normalized spacial score (nSPS) is 10.1. The van der Waals surface area contributed by atoms with Gasteiger partial charge in [0.15, 0.2) is 0 Å². The van der Waals surface area contributed by atoms with Crippen molar-refractivity contribution in [1.29, 1.82) is 0 Å². The quantitative estimate of drug-likeness (QED) is 0.571. The van der Waals surface area contributed by atoms with E-state index in [4.69, 9.17) is 21.1 Å². The molecule has 0 aromatic heterocycles. The molecule has 0 bridgehead atoms. The van der Waals surface area contributed by atoms with Crippen molar-refractivity contribution in [2.75, 3.05) is 13.2 Å². The predicted octanol–water partition coefficient (Wildman–Crippen LogP) is 4.00. The Morgan fingerprint density at radius 3 is 1.85 bits per heavy atom. The van der Waals surface area contributed by atoms with Crippen LogP contribution in [0.1, 0.15) is 16.8 Å². The molecular weight excluding hydrogens is 276 g/mol. The van der Waals surface area contributed by atoms with Crippen molar-refractivity contribution < 1.29 is 14.3 Å². The van der Waals surface area contributed by atoms with Gasteiger partial charge in [0.05, 0.1) is 13.2 Å². The minimum absolute atomic E-state index is 0.564. The Labute approximate surface area is 123 Å². The Morgan fingerprint density at radius 1 is 0.850 bits per heavy atom. The highest BCUT2D eigenvalue weighted by molar-refractivity contribution is 6.30. The number of aldehydes is 1. The van der Waals surface area contributed by atoms with Crippen LogP contribution in [0.3, 0.4) is 0 Å². The number of carbonyl (C=O) groups excluding carboxylic acids is 1. The van der Waals surface area contributed by atoms with Crippen molar-refractivity contribution >= 4 is 17.9 Å². The van der Waals surface area contributed by atoms with Crippen molar-refractivity contribution in [1.82, 2.24) is 0 Å². The number of hydrogen-bond acceptors (Lipinski definition) is 3. The molecule has 0 fully saturated rings. The second-order valence-corrected chi connectivity index (χ2v) is 4.63. The second kappa shape index (κ2) is 7.56. The number of ether oxygens (including phenoxy) is 2. The lowest BCUT2D eigenvalue weighted by Gasteiger charge is -2.08. The number of carbonyl (C=O) groups is 1. The molecule has 0 aliphatic rings. The summed E-state index contributed by atoms with van der Waals surface area (Å²) in [5.41, 5.74) is 0.642. The van der Waals surface area contributed by atoms with E-state index in [-0.39, 0.29) is 0 Å². The Balaban J connectivity index is 1.65. The first kappa shape index (κ1) is 14.4. The molecule has 3 nitrogen and oxygen atoms in total. The lowest BCUT2D eigenvalue weighted by molar-refractivity contribution is 0.112. The van der Waals surface area contributed by atoms with Crippen LogP contribution in [-0.4, -0.2) is 19.5 Å². The first-order valence-corrected chi connectivity index (χ1v) is 6.72. The maximum absolute atomic E-state index is 10.5. The van der Waals surface area contributed by atoms with Gasteiger partial charge in [0.1, 0.15) is 17.8 Å². The third-order valence-electron chi connectivity index (χ3n) is 2.66. The van der Waals surface area contributed by atoms with Crippen molar-refractivity contribution in [3.63, 3.8) is 0 Å². The zero-order valence-electron chi connectivity index (χ0n) is 10.9. The van der Waals surface area contributed by atoms with Gasteiger partial charge in [-0.1, -0.05) is 11.6 Å². The summed E-state index contributed by atoms with van der Waals surface area (Å²) in [4.78, 5) is 10.5. The highest BCUT2D eigenvalue weighted by Gasteiger charge is 1.96. The van der Waals surface area contributed by atoms with Crippen LogP contribution in [0.25, 0.3) is 0 Å².